The standard InChI is InChI=1S/C21H32N4O4/c1-21(2,3)29-20(27)24-18(15-16-9-6-5-7-10-16)13-12-17(19(26)28-4)11-8-14-23-25-22/h5-7,9-10,17-18H,8,11-15H2,1-4H3,(H,24,27)/t17-,18-/m0/s1. The van der Waals surface area contributed by atoms with E-state index in [1.165, 1.54) is 7.11 Å². The largest absolute Gasteiger partial charge is 0.469 e. The van der Waals surface area contributed by atoms with E-state index in [0.717, 1.165) is 5.56 Å². The van der Waals surface area contributed by atoms with Crippen LogP contribution in [0, 0.1) is 5.92 Å². The first-order valence-corrected chi connectivity index (χ1v) is 9.87. The molecule has 0 radical (unpaired) electrons. The molecule has 0 unspecified atom stereocenters. The fourth-order valence-electron chi connectivity index (χ4n) is 3.00. The maximum absolute atomic E-state index is 12.3. The lowest BCUT2D eigenvalue weighted by Gasteiger charge is -2.25. The summed E-state index contributed by atoms with van der Waals surface area (Å²) in [6, 6.07) is 9.66. The van der Waals surface area contributed by atoms with Gasteiger partial charge in [-0.1, -0.05) is 35.4 Å². The maximum Gasteiger partial charge on any atom is 0.407 e. The number of methoxy groups -OCH3 is 1. The summed E-state index contributed by atoms with van der Waals surface area (Å²) in [4.78, 5) is 27.1. The van der Waals surface area contributed by atoms with Gasteiger partial charge in [-0.15, -0.1) is 0 Å². The molecule has 160 valence electrons. The molecule has 1 amide bonds. The first kappa shape index (κ1) is 24.3. The lowest BCUT2D eigenvalue weighted by atomic mass is 9.93. The molecule has 0 saturated heterocycles. The number of benzene rings is 1. The quantitative estimate of drug-likeness (QED) is 0.188. The number of hydrogen-bond acceptors (Lipinski definition) is 5. The van der Waals surface area contributed by atoms with Gasteiger partial charge >= 0.3 is 12.1 Å². The molecule has 0 aromatic heterocycles. The highest BCUT2D eigenvalue weighted by Gasteiger charge is 2.23. The highest BCUT2D eigenvalue weighted by Crippen LogP contribution is 2.19. The van der Waals surface area contributed by atoms with Crippen LogP contribution in [0.1, 0.15) is 52.0 Å². The van der Waals surface area contributed by atoms with Crippen molar-refractivity contribution in [1.82, 2.24) is 5.32 Å². The van der Waals surface area contributed by atoms with Gasteiger partial charge in [0.05, 0.1) is 13.0 Å². The van der Waals surface area contributed by atoms with Crippen molar-refractivity contribution in [3.8, 4) is 0 Å². The molecule has 0 fully saturated rings. The Balaban J connectivity index is 2.77. The van der Waals surface area contributed by atoms with Gasteiger partial charge in [0, 0.05) is 17.5 Å². The molecule has 1 aromatic rings. The molecule has 2 atom stereocenters. The fourth-order valence-corrected chi connectivity index (χ4v) is 3.00. The minimum absolute atomic E-state index is 0.184. The number of amides is 1. The minimum atomic E-state index is -0.586. The van der Waals surface area contributed by atoms with Crippen molar-refractivity contribution in [3.05, 3.63) is 46.3 Å². The van der Waals surface area contributed by atoms with Gasteiger partial charge in [-0.05, 0) is 64.0 Å². The van der Waals surface area contributed by atoms with Crippen molar-refractivity contribution in [2.24, 2.45) is 11.0 Å². The molecule has 29 heavy (non-hydrogen) atoms. The first-order valence-electron chi connectivity index (χ1n) is 9.87. The topological polar surface area (TPSA) is 113 Å². The summed E-state index contributed by atoms with van der Waals surface area (Å²) in [5.41, 5.74) is 8.89. The highest BCUT2D eigenvalue weighted by atomic mass is 16.6. The van der Waals surface area contributed by atoms with E-state index in [1.54, 1.807) is 0 Å². The number of hydrogen-bond donors (Lipinski definition) is 1. The molecule has 1 rings (SSSR count). The van der Waals surface area contributed by atoms with E-state index in [0.29, 0.717) is 38.6 Å². The van der Waals surface area contributed by atoms with E-state index in [-0.39, 0.29) is 17.9 Å². The van der Waals surface area contributed by atoms with Gasteiger partial charge in [-0.3, -0.25) is 4.79 Å². The van der Waals surface area contributed by atoms with E-state index in [1.807, 2.05) is 51.1 Å². The molecule has 1 aromatic carbocycles. The number of nitrogens with one attached hydrogen (secondary N) is 1. The molecule has 0 aliphatic heterocycles. The average molecular weight is 405 g/mol. The summed E-state index contributed by atoms with van der Waals surface area (Å²) in [5, 5.41) is 6.44. The number of alkyl carbamates (subject to hydrolysis) is 1. The van der Waals surface area contributed by atoms with Crippen LogP contribution in [0.25, 0.3) is 10.4 Å². The van der Waals surface area contributed by atoms with Crippen LogP contribution in [0.15, 0.2) is 35.4 Å². The van der Waals surface area contributed by atoms with Crippen LogP contribution >= 0.6 is 0 Å². The smallest absolute Gasteiger partial charge is 0.407 e. The van der Waals surface area contributed by atoms with Crippen molar-refractivity contribution >= 4 is 12.1 Å². The highest BCUT2D eigenvalue weighted by molar-refractivity contribution is 5.72. The Morgan fingerprint density at radius 1 is 1.17 bits per heavy atom. The lowest BCUT2D eigenvalue weighted by Crippen LogP contribution is -2.40. The number of carbonyl (C=O) groups is 2. The summed E-state index contributed by atoms with van der Waals surface area (Å²) >= 11 is 0. The van der Waals surface area contributed by atoms with E-state index in [4.69, 9.17) is 15.0 Å². The monoisotopic (exact) mass is 404 g/mol. The van der Waals surface area contributed by atoms with E-state index in [2.05, 4.69) is 15.3 Å². The van der Waals surface area contributed by atoms with Gasteiger partial charge in [-0.2, -0.15) is 0 Å². The minimum Gasteiger partial charge on any atom is -0.469 e. The number of nitrogens with zero attached hydrogens (tertiary/aromatic N) is 3. The van der Waals surface area contributed by atoms with Crippen molar-refractivity contribution in [2.45, 2.75) is 64.5 Å². The molecule has 0 saturated carbocycles. The normalized spacial score (nSPS) is 13.0. The Morgan fingerprint density at radius 2 is 1.86 bits per heavy atom. The summed E-state index contributed by atoms with van der Waals surface area (Å²) in [5.74, 6) is -0.603. The Bertz CT molecular complexity index is 682. The summed E-state index contributed by atoms with van der Waals surface area (Å²) in [7, 11) is 1.36. The fraction of sp³-hybridized carbons (Fsp3) is 0.619. The van der Waals surface area contributed by atoms with Crippen molar-refractivity contribution in [3.63, 3.8) is 0 Å². The van der Waals surface area contributed by atoms with Crippen LogP contribution in [0.2, 0.25) is 0 Å². The zero-order valence-electron chi connectivity index (χ0n) is 17.8. The Morgan fingerprint density at radius 3 is 2.45 bits per heavy atom. The van der Waals surface area contributed by atoms with Crippen molar-refractivity contribution in [2.75, 3.05) is 13.7 Å². The predicted octanol–water partition coefficient (Wildman–Crippen LogP) is 4.78. The molecule has 0 spiro atoms. The molecular weight excluding hydrogens is 372 g/mol. The molecule has 1 N–H and O–H groups in total. The summed E-state index contributed by atoms with van der Waals surface area (Å²) in [6.07, 6.45) is 2.47. The molecule has 0 aliphatic carbocycles. The van der Waals surface area contributed by atoms with Crippen molar-refractivity contribution in [1.29, 1.82) is 0 Å². The first-order chi connectivity index (χ1) is 13.7. The second-order valence-electron chi connectivity index (χ2n) is 7.93. The molecule has 0 aliphatic rings. The van der Waals surface area contributed by atoms with Crippen LogP contribution in [-0.4, -0.2) is 37.4 Å². The Hall–Kier alpha value is -2.73. The Kier molecular flexibility index (Phi) is 10.6. The van der Waals surface area contributed by atoms with E-state index < -0.39 is 11.7 Å². The van der Waals surface area contributed by atoms with Gasteiger partial charge in [0.25, 0.3) is 0 Å². The van der Waals surface area contributed by atoms with Crippen LogP contribution < -0.4 is 5.32 Å². The lowest BCUT2D eigenvalue weighted by molar-refractivity contribution is -0.146. The summed E-state index contributed by atoms with van der Waals surface area (Å²) in [6.45, 7) is 5.79. The third-order valence-corrected chi connectivity index (χ3v) is 4.32. The molecule has 8 heteroatoms. The maximum atomic E-state index is 12.3. The van der Waals surface area contributed by atoms with Crippen LogP contribution in [0.5, 0.6) is 0 Å². The van der Waals surface area contributed by atoms with Gasteiger partial charge < -0.3 is 14.8 Å². The number of rotatable bonds is 11. The zero-order valence-corrected chi connectivity index (χ0v) is 17.8. The molecular formula is C21H32N4O4. The third kappa shape index (κ3) is 11.0. The average Bonchev–Trinajstić information content (AvgIpc) is 2.66. The SMILES string of the molecule is COC(=O)[C@@H](CCCN=[N+]=[N-])CC[C@@H](Cc1ccccc1)NC(=O)OC(C)(C)C. The number of esters is 1. The third-order valence-electron chi connectivity index (χ3n) is 4.32. The van der Waals surface area contributed by atoms with Crippen LogP contribution in [0.3, 0.4) is 0 Å². The number of ether oxygens (including phenoxy) is 2. The van der Waals surface area contributed by atoms with Gasteiger partial charge in [0.2, 0.25) is 0 Å². The Labute approximate surface area is 172 Å². The van der Waals surface area contributed by atoms with Gasteiger partial charge in [0.1, 0.15) is 5.60 Å². The van der Waals surface area contributed by atoms with E-state index in [9.17, 15) is 9.59 Å². The van der Waals surface area contributed by atoms with Crippen molar-refractivity contribution < 1.29 is 19.1 Å². The number of azide groups is 1. The second kappa shape index (κ2) is 12.7. The van der Waals surface area contributed by atoms with Gasteiger partial charge in [-0.25, -0.2) is 4.79 Å². The van der Waals surface area contributed by atoms with Gasteiger partial charge in [0.15, 0.2) is 0 Å². The molecule has 8 nitrogen and oxygen atoms in total. The molecule has 0 heterocycles. The zero-order chi connectivity index (χ0) is 21.7. The number of carbonyl (C=O) groups excluding carboxylic acids is 2. The predicted molar refractivity (Wildman–Crippen MR) is 111 cm³/mol. The second-order valence-corrected chi connectivity index (χ2v) is 7.93. The summed E-state index contributed by atoms with van der Waals surface area (Å²) < 4.78 is 10.3. The molecule has 0 bridgehead atoms. The van der Waals surface area contributed by atoms with E-state index >= 15 is 0 Å². The van der Waals surface area contributed by atoms with Crippen LogP contribution in [0.4, 0.5) is 4.79 Å². The van der Waals surface area contributed by atoms with Crippen LogP contribution in [-0.2, 0) is 20.7 Å².